The maximum absolute atomic E-state index is 2.45. The van der Waals surface area contributed by atoms with E-state index in [9.17, 15) is 0 Å². The highest BCUT2D eigenvalue weighted by atomic mass is 15.0. The molecule has 0 bridgehead atoms. The van der Waals surface area contributed by atoms with Crippen LogP contribution in [0.15, 0.2) is 255 Å². The fourth-order valence-corrected chi connectivity index (χ4v) is 15.5. The van der Waals surface area contributed by atoms with E-state index in [-0.39, 0.29) is 16.2 Å². The van der Waals surface area contributed by atoms with Crippen molar-refractivity contribution < 1.29 is 0 Å². The highest BCUT2D eigenvalue weighted by Gasteiger charge is 2.38. The molecule has 2 aromatic heterocycles. The van der Waals surface area contributed by atoms with Gasteiger partial charge in [0.2, 0.25) is 0 Å². The SMILES string of the molecule is CC1(C)c2cc(/C=C/c3ccc(-c4ccc5c(c4)c4ccccc4n5-c4ccc5c(c4)C(C)(C)c4ccccc4-5)cc3)ccc2-c2ccc(/C=C/c3ccc(-c4ccc5c(c4)c4ccccc4n5-c4ccc5c(c4)C(C)(C)c4ccccc4-5)cc3)cc21. The summed E-state index contributed by atoms with van der Waals surface area (Å²) in [7, 11) is 0. The molecule has 12 aromatic carbocycles. The summed E-state index contributed by atoms with van der Waals surface area (Å²) >= 11 is 0. The number of fused-ring (bicyclic) bond motifs is 15. The molecular formula is C85H64N2. The molecule has 0 fully saturated rings. The van der Waals surface area contributed by atoms with Gasteiger partial charge in [-0.15, -0.1) is 0 Å². The minimum Gasteiger partial charge on any atom is -0.309 e. The smallest absolute Gasteiger partial charge is 0.0541 e. The van der Waals surface area contributed by atoms with E-state index in [1.165, 1.54) is 166 Å². The third-order valence-electron chi connectivity index (χ3n) is 20.1. The third kappa shape index (κ3) is 7.80. The van der Waals surface area contributed by atoms with E-state index in [4.69, 9.17) is 0 Å². The number of aromatic nitrogens is 2. The van der Waals surface area contributed by atoms with Crippen molar-refractivity contribution in [2.75, 3.05) is 0 Å². The molecule has 0 atom stereocenters. The number of hydrogen-bond donors (Lipinski definition) is 0. The molecule has 2 heteroatoms. The predicted octanol–water partition coefficient (Wildman–Crippen LogP) is 22.5. The lowest BCUT2D eigenvalue weighted by atomic mass is 9.81. The number of para-hydroxylation sites is 2. The second kappa shape index (κ2) is 18.9. The summed E-state index contributed by atoms with van der Waals surface area (Å²) in [6.07, 6.45) is 9.02. The van der Waals surface area contributed by atoms with Crippen LogP contribution < -0.4 is 0 Å². The van der Waals surface area contributed by atoms with Crippen molar-refractivity contribution in [3.05, 3.63) is 310 Å². The maximum Gasteiger partial charge on any atom is 0.0541 e. The molecule has 3 aliphatic carbocycles. The summed E-state index contributed by atoms with van der Waals surface area (Å²) in [6.45, 7) is 14.2. The van der Waals surface area contributed by atoms with Crippen LogP contribution in [0.2, 0.25) is 0 Å². The lowest BCUT2D eigenvalue weighted by Crippen LogP contribution is -2.15. The van der Waals surface area contributed by atoms with Crippen molar-refractivity contribution in [1.29, 1.82) is 0 Å². The Balaban J connectivity index is 0.589. The van der Waals surface area contributed by atoms with Crippen LogP contribution in [0.5, 0.6) is 0 Å². The molecule has 2 nitrogen and oxygen atoms in total. The topological polar surface area (TPSA) is 9.86 Å². The summed E-state index contributed by atoms with van der Waals surface area (Å²) in [6, 6.07) is 95.6. The number of nitrogens with zero attached hydrogens (tertiary/aromatic N) is 2. The van der Waals surface area contributed by atoms with Gasteiger partial charge in [0.1, 0.15) is 0 Å². The molecule has 0 spiro atoms. The van der Waals surface area contributed by atoms with E-state index in [0.29, 0.717) is 0 Å². The second-order valence-electron chi connectivity index (χ2n) is 26.1. The van der Waals surface area contributed by atoms with Gasteiger partial charge in [0.15, 0.2) is 0 Å². The molecule has 2 heterocycles. The van der Waals surface area contributed by atoms with Crippen LogP contribution in [0, 0.1) is 0 Å². The van der Waals surface area contributed by atoms with Gasteiger partial charge in [-0.1, -0.05) is 260 Å². The van der Waals surface area contributed by atoms with E-state index in [2.05, 4.69) is 330 Å². The molecule has 0 N–H and O–H groups in total. The first-order valence-corrected chi connectivity index (χ1v) is 30.8. The number of benzene rings is 12. The fourth-order valence-electron chi connectivity index (χ4n) is 15.5. The zero-order valence-electron chi connectivity index (χ0n) is 50.0. The summed E-state index contributed by atoms with van der Waals surface area (Å²) in [5.74, 6) is 0. The Bertz CT molecular complexity index is 4950. The average Bonchev–Trinajstić information content (AvgIpc) is 2.11. The first kappa shape index (κ1) is 51.2. The fraction of sp³-hybridized carbons (Fsp3) is 0.106. The summed E-state index contributed by atoms with van der Waals surface area (Å²) in [5.41, 5.74) is 33.0. The highest BCUT2D eigenvalue weighted by molar-refractivity contribution is 6.12. The average molecular weight is 1110 g/mol. The second-order valence-corrected chi connectivity index (χ2v) is 26.1. The molecule has 414 valence electrons. The molecule has 0 radical (unpaired) electrons. The van der Waals surface area contributed by atoms with E-state index in [0.717, 1.165) is 0 Å². The van der Waals surface area contributed by atoms with Crippen molar-refractivity contribution in [3.8, 4) is 67.0 Å². The van der Waals surface area contributed by atoms with Crippen LogP contribution in [0.4, 0.5) is 0 Å². The Kier molecular flexibility index (Phi) is 11.1. The third-order valence-corrected chi connectivity index (χ3v) is 20.1. The van der Waals surface area contributed by atoms with Crippen molar-refractivity contribution >= 4 is 67.9 Å². The summed E-state index contributed by atoms with van der Waals surface area (Å²) in [5, 5.41) is 5.06. The molecule has 0 saturated carbocycles. The molecule has 14 aromatic rings. The highest BCUT2D eigenvalue weighted by Crippen LogP contribution is 2.53. The molecular weight excluding hydrogens is 1050 g/mol. The summed E-state index contributed by atoms with van der Waals surface area (Å²) < 4.78 is 4.90. The molecule has 3 aliphatic rings. The van der Waals surface area contributed by atoms with Crippen LogP contribution in [0.1, 0.15) is 97.2 Å². The molecule has 17 rings (SSSR count). The largest absolute Gasteiger partial charge is 0.309 e. The first-order chi connectivity index (χ1) is 42.4. The molecule has 87 heavy (non-hydrogen) atoms. The molecule has 0 unspecified atom stereocenters. The van der Waals surface area contributed by atoms with Crippen LogP contribution in [-0.2, 0) is 16.2 Å². The van der Waals surface area contributed by atoms with Gasteiger partial charge in [0.25, 0.3) is 0 Å². The zero-order chi connectivity index (χ0) is 58.5. The van der Waals surface area contributed by atoms with E-state index < -0.39 is 0 Å². The Morgan fingerprint density at radius 3 is 0.977 bits per heavy atom. The van der Waals surface area contributed by atoms with Gasteiger partial charge in [-0.3, -0.25) is 0 Å². The number of hydrogen-bond acceptors (Lipinski definition) is 0. The van der Waals surface area contributed by atoms with Gasteiger partial charge in [-0.05, 0) is 172 Å². The zero-order valence-corrected chi connectivity index (χ0v) is 50.0. The number of rotatable bonds is 8. The predicted molar refractivity (Wildman–Crippen MR) is 369 cm³/mol. The van der Waals surface area contributed by atoms with Crippen molar-refractivity contribution in [3.63, 3.8) is 0 Å². The normalized spacial score (nSPS) is 14.7. The van der Waals surface area contributed by atoms with E-state index in [1.54, 1.807) is 0 Å². The van der Waals surface area contributed by atoms with Crippen LogP contribution in [0.25, 0.3) is 135 Å². The van der Waals surface area contributed by atoms with Crippen molar-refractivity contribution in [1.82, 2.24) is 9.13 Å². The Labute approximate surface area is 509 Å². The molecule has 0 aliphatic heterocycles. The maximum atomic E-state index is 2.45. The minimum absolute atomic E-state index is 0.0635. The first-order valence-electron chi connectivity index (χ1n) is 30.8. The summed E-state index contributed by atoms with van der Waals surface area (Å²) in [4.78, 5) is 0. The van der Waals surface area contributed by atoms with Gasteiger partial charge >= 0.3 is 0 Å². The standard InChI is InChI=1S/C85H64N2/c1-83(2)73-19-11-7-15-63(73)67-43-39-61(51-77(67)83)86-79-21-13-9-17-69(79)71-49-59(37-45-81(71)86)57-33-27-53(28-34-57)23-25-55-31-41-65-66-42-32-56(48-76(66)85(5,6)75(65)47-55)26-24-54-29-35-58(36-30-54)60-38-46-82-72(50-60)70-18-10-14-22-80(70)87(82)62-40-44-68-64-16-8-12-20-74(64)84(3,4)78(68)52-62/h7-52H,1-6H3/b25-23+,26-24+. The molecule has 0 saturated heterocycles. The van der Waals surface area contributed by atoms with Crippen molar-refractivity contribution in [2.45, 2.75) is 57.8 Å². The lowest BCUT2D eigenvalue weighted by molar-refractivity contribution is 0.660. The lowest BCUT2D eigenvalue weighted by Gasteiger charge is -2.22. The Hall–Kier alpha value is -10.3. The molecule has 0 amide bonds. The van der Waals surface area contributed by atoms with Gasteiger partial charge in [0.05, 0.1) is 22.1 Å². The van der Waals surface area contributed by atoms with Crippen LogP contribution >= 0.6 is 0 Å². The van der Waals surface area contributed by atoms with Gasteiger partial charge in [-0.2, -0.15) is 0 Å². The Morgan fingerprint density at radius 2 is 0.540 bits per heavy atom. The van der Waals surface area contributed by atoms with Gasteiger partial charge in [-0.25, -0.2) is 0 Å². The Morgan fingerprint density at radius 1 is 0.230 bits per heavy atom. The van der Waals surface area contributed by atoms with Gasteiger partial charge in [0, 0.05) is 49.2 Å². The van der Waals surface area contributed by atoms with Gasteiger partial charge < -0.3 is 9.13 Å². The van der Waals surface area contributed by atoms with Crippen LogP contribution in [0.3, 0.4) is 0 Å². The minimum atomic E-state index is -0.141. The van der Waals surface area contributed by atoms with Crippen LogP contribution in [-0.4, -0.2) is 9.13 Å². The van der Waals surface area contributed by atoms with E-state index in [1.807, 2.05) is 0 Å². The monoisotopic (exact) mass is 1110 g/mol. The quantitative estimate of drug-likeness (QED) is 0.134. The van der Waals surface area contributed by atoms with Crippen molar-refractivity contribution in [2.24, 2.45) is 0 Å². The van der Waals surface area contributed by atoms with E-state index >= 15 is 0 Å².